The molecule has 1 aliphatic heterocycles. The Morgan fingerprint density at radius 2 is 2.25 bits per heavy atom. The topological polar surface area (TPSA) is 29.3 Å². The highest BCUT2D eigenvalue weighted by Crippen LogP contribution is 2.30. The molecule has 2 unspecified atom stereocenters. The van der Waals surface area contributed by atoms with Gasteiger partial charge in [0, 0.05) is 23.6 Å². The molecule has 0 aromatic heterocycles. The Balaban J connectivity index is 2.19. The van der Waals surface area contributed by atoms with Crippen molar-refractivity contribution in [3.63, 3.8) is 0 Å². The Morgan fingerprint density at radius 3 is 2.81 bits per heavy atom. The van der Waals surface area contributed by atoms with Gasteiger partial charge in [-0.3, -0.25) is 4.90 Å². The minimum atomic E-state index is 0.362. The maximum Gasteiger partial charge on any atom is 0.0481 e. The molecule has 88 valence electrons. The number of hydrogen-bond acceptors (Lipinski definition) is 2. The fourth-order valence-corrected chi connectivity index (χ4v) is 3.02. The van der Waals surface area contributed by atoms with Gasteiger partial charge in [-0.25, -0.2) is 0 Å². The number of halogens is 1. The highest BCUT2D eigenvalue weighted by atomic mass is 79.9. The molecule has 2 atom stereocenters. The van der Waals surface area contributed by atoms with Crippen LogP contribution in [0.2, 0.25) is 0 Å². The summed E-state index contributed by atoms with van der Waals surface area (Å²) in [6.45, 7) is 5.34. The fourth-order valence-electron chi connectivity index (χ4n) is 2.47. The van der Waals surface area contributed by atoms with E-state index in [1.165, 1.54) is 29.5 Å². The van der Waals surface area contributed by atoms with E-state index in [1.54, 1.807) is 0 Å². The molecule has 1 heterocycles. The Kier molecular flexibility index (Phi) is 4.00. The van der Waals surface area contributed by atoms with Gasteiger partial charge in [0.15, 0.2) is 0 Å². The second-order valence-electron chi connectivity index (χ2n) is 4.66. The Bertz CT molecular complexity index is 354. The standard InChI is InChI=1S/C13H19BrN2/c1-10-6-7-16(9-10)13(8-15)11-4-2-3-5-12(11)14/h2-5,10,13H,6-9,15H2,1H3. The molecule has 1 aliphatic rings. The van der Waals surface area contributed by atoms with Crippen LogP contribution in [0.4, 0.5) is 0 Å². The Hall–Kier alpha value is -0.380. The van der Waals surface area contributed by atoms with E-state index in [0.717, 1.165) is 5.92 Å². The minimum absolute atomic E-state index is 0.362. The van der Waals surface area contributed by atoms with Crippen molar-refractivity contribution in [3.8, 4) is 0 Å². The van der Waals surface area contributed by atoms with Crippen molar-refractivity contribution in [2.24, 2.45) is 11.7 Å². The third-order valence-electron chi connectivity index (χ3n) is 3.38. The summed E-state index contributed by atoms with van der Waals surface area (Å²) < 4.78 is 1.17. The molecule has 0 radical (unpaired) electrons. The minimum Gasteiger partial charge on any atom is -0.329 e. The van der Waals surface area contributed by atoms with E-state index >= 15 is 0 Å². The van der Waals surface area contributed by atoms with Crippen molar-refractivity contribution < 1.29 is 0 Å². The van der Waals surface area contributed by atoms with Gasteiger partial charge >= 0.3 is 0 Å². The number of benzene rings is 1. The molecule has 1 saturated heterocycles. The van der Waals surface area contributed by atoms with Crippen molar-refractivity contribution in [3.05, 3.63) is 34.3 Å². The number of nitrogens with two attached hydrogens (primary N) is 1. The van der Waals surface area contributed by atoms with Crippen LogP contribution in [-0.4, -0.2) is 24.5 Å². The predicted octanol–water partition coefficient (Wildman–Crippen LogP) is 2.79. The summed E-state index contributed by atoms with van der Waals surface area (Å²) >= 11 is 3.62. The second kappa shape index (κ2) is 5.30. The molecule has 1 fully saturated rings. The SMILES string of the molecule is CC1CCN(C(CN)c2ccccc2Br)C1. The van der Waals surface area contributed by atoms with Gasteiger partial charge in [-0.15, -0.1) is 0 Å². The molecule has 0 amide bonds. The number of nitrogens with zero attached hydrogens (tertiary/aromatic N) is 1. The lowest BCUT2D eigenvalue weighted by Crippen LogP contribution is -2.32. The van der Waals surface area contributed by atoms with E-state index in [1.807, 2.05) is 6.07 Å². The van der Waals surface area contributed by atoms with E-state index in [-0.39, 0.29) is 0 Å². The first-order valence-corrected chi connectivity index (χ1v) is 6.70. The third kappa shape index (κ3) is 2.47. The van der Waals surface area contributed by atoms with Crippen LogP contribution in [0.5, 0.6) is 0 Å². The van der Waals surface area contributed by atoms with Gasteiger partial charge in [0.2, 0.25) is 0 Å². The molecular weight excluding hydrogens is 264 g/mol. The highest BCUT2D eigenvalue weighted by molar-refractivity contribution is 9.10. The molecule has 2 nitrogen and oxygen atoms in total. The highest BCUT2D eigenvalue weighted by Gasteiger charge is 2.26. The largest absolute Gasteiger partial charge is 0.329 e. The zero-order valence-electron chi connectivity index (χ0n) is 9.70. The summed E-state index contributed by atoms with van der Waals surface area (Å²) in [6.07, 6.45) is 1.29. The maximum absolute atomic E-state index is 5.94. The van der Waals surface area contributed by atoms with Gasteiger partial charge in [-0.05, 0) is 30.5 Å². The monoisotopic (exact) mass is 282 g/mol. The lowest BCUT2D eigenvalue weighted by Gasteiger charge is -2.27. The van der Waals surface area contributed by atoms with E-state index in [4.69, 9.17) is 5.73 Å². The zero-order valence-corrected chi connectivity index (χ0v) is 11.3. The lowest BCUT2D eigenvalue weighted by atomic mass is 10.1. The Labute approximate surface area is 106 Å². The lowest BCUT2D eigenvalue weighted by molar-refractivity contribution is 0.243. The van der Waals surface area contributed by atoms with Crippen LogP contribution in [-0.2, 0) is 0 Å². The van der Waals surface area contributed by atoms with Crippen molar-refractivity contribution >= 4 is 15.9 Å². The first-order valence-electron chi connectivity index (χ1n) is 5.91. The van der Waals surface area contributed by atoms with Crippen LogP contribution in [0.1, 0.15) is 24.9 Å². The quantitative estimate of drug-likeness (QED) is 0.924. The third-order valence-corrected chi connectivity index (χ3v) is 4.11. The van der Waals surface area contributed by atoms with Crippen LogP contribution in [0.15, 0.2) is 28.7 Å². The van der Waals surface area contributed by atoms with Crippen LogP contribution in [0.25, 0.3) is 0 Å². The van der Waals surface area contributed by atoms with Crippen LogP contribution in [0, 0.1) is 5.92 Å². The van der Waals surface area contributed by atoms with Crippen LogP contribution in [0.3, 0.4) is 0 Å². The van der Waals surface area contributed by atoms with Gasteiger partial charge in [-0.2, -0.15) is 0 Å². The average molecular weight is 283 g/mol. The molecule has 2 rings (SSSR count). The number of hydrogen-bond donors (Lipinski definition) is 1. The first-order chi connectivity index (χ1) is 7.72. The number of rotatable bonds is 3. The van der Waals surface area contributed by atoms with Gasteiger partial charge < -0.3 is 5.73 Å². The average Bonchev–Trinajstić information content (AvgIpc) is 2.69. The Morgan fingerprint density at radius 1 is 1.50 bits per heavy atom. The summed E-state index contributed by atoms with van der Waals surface area (Å²) in [5, 5.41) is 0. The van der Waals surface area contributed by atoms with E-state index < -0.39 is 0 Å². The molecule has 3 heteroatoms. The first kappa shape index (κ1) is 12.1. The zero-order chi connectivity index (χ0) is 11.5. The molecule has 1 aromatic rings. The molecule has 0 saturated carbocycles. The second-order valence-corrected chi connectivity index (χ2v) is 5.52. The molecule has 0 spiro atoms. The van der Waals surface area contributed by atoms with Crippen LogP contribution < -0.4 is 5.73 Å². The predicted molar refractivity (Wildman–Crippen MR) is 71.3 cm³/mol. The van der Waals surface area contributed by atoms with Crippen molar-refractivity contribution in [2.75, 3.05) is 19.6 Å². The van der Waals surface area contributed by atoms with Crippen molar-refractivity contribution in [1.82, 2.24) is 4.90 Å². The molecular formula is C13H19BrN2. The molecule has 2 N–H and O–H groups in total. The normalized spacial score (nSPS) is 23.6. The van der Waals surface area contributed by atoms with Gasteiger partial charge in [0.05, 0.1) is 0 Å². The smallest absolute Gasteiger partial charge is 0.0481 e. The fraction of sp³-hybridized carbons (Fsp3) is 0.538. The summed E-state index contributed by atoms with van der Waals surface area (Å²) in [6, 6.07) is 8.76. The van der Waals surface area contributed by atoms with Gasteiger partial charge in [0.25, 0.3) is 0 Å². The van der Waals surface area contributed by atoms with Gasteiger partial charge in [0.1, 0.15) is 0 Å². The summed E-state index contributed by atoms with van der Waals surface area (Å²) in [5.41, 5.74) is 7.26. The van der Waals surface area contributed by atoms with Gasteiger partial charge in [-0.1, -0.05) is 41.1 Å². The molecule has 0 bridgehead atoms. The molecule has 16 heavy (non-hydrogen) atoms. The molecule has 0 aliphatic carbocycles. The summed E-state index contributed by atoms with van der Waals surface area (Å²) in [4.78, 5) is 2.50. The van der Waals surface area contributed by atoms with Crippen molar-refractivity contribution in [2.45, 2.75) is 19.4 Å². The summed E-state index contributed by atoms with van der Waals surface area (Å²) in [5.74, 6) is 0.802. The maximum atomic E-state index is 5.94. The molecule has 1 aromatic carbocycles. The number of likely N-dealkylation sites (tertiary alicyclic amines) is 1. The van der Waals surface area contributed by atoms with E-state index in [2.05, 4.69) is 46.0 Å². The van der Waals surface area contributed by atoms with Crippen molar-refractivity contribution in [1.29, 1.82) is 0 Å². The van der Waals surface area contributed by atoms with Crippen LogP contribution >= 0.6 is 15.9 Å². The summed E-state index contributed by atoms with van der Waals surface area (Å²) in [7, 11) is 0. The van der Waals surface area contributed by atoms with E-state index in [9.17, 15) is 0 Å². The van der Waals surface area contributed by atoms with E-state index in [0.29, 0.717) is 12.6 Å².